The fourth-order valence-electron chi connectivity index (χ4n) is 1.10. The van der Waals surface area contributed by atoms with E-state index in [1.807, 2.05) is 0 Å². The van der Waals surface area contributed by atoms with Crippen LogP contribution in [-0.2, 0) is 10.0 Å². The first-order valence-electron chi connectivity index (χ1n) is 4.13. The molecule has 1 aromatic carbocycles. The summed E-state index contributed by atoms with van der Waals surface area (Å²) in [6.45, 7) is 1.79. The first kappa shape index (κ1) is 12.6. The number of nitrogens with zero attached hydrogens (tertiary/aromatic N) is 1. The molecule has 0 bridgehead atoms. The Morgan fingerprint density at radius 1 is 1.27 bits per heavy atom. The maximum absolute atomic E-state index is 11.4. The average Bonchev–Trinajstić information content (AvgIpc) is 2.10. The molecule has 0 aromatic heterocycles. The zero-order valence-corrected chi connectivity index (χ0v) is 10.9. The molecule has 1 rings (SSSR count). The number of halogens is 2. The van der Waals surface area contributed by atoms with Gasteiger partial charge in [0, 0.05) is 7.05 Å². The molecule has 3 nitrogen and oxygen atoms in total. The van der Waals surface area contributed by atoms with Gasteiger partial charge >= 0.3 is 0 Å². The highest BCUT2D eigenvalue weighted by Gasteiger charge is 2.19. The smallest absolute Gasteiger partial charge is 0.232 e. The molecule has 6 heteroatoms. The summed E-state index contributed by atoms with van der Waals surface area (Å²) >= 11 is 11.9. The van der Waals surface area contributed by atoms with Crippen LogP contribution in [0.1, 0.15) is 5.56 Å². The summed E-state index contributed by atoms with van der Waals surface area (Å²) in [7, 11) is -1.93. The number of benzene rings is 1. The third-order valence-electron chi connectivity index (χ3n) is 2.07. The van der Waals surface area contributed by atoms with E-state index >= 15 is 0 Å². The minimum Gasteiger partial charge on any atom is -0.270 e. The van der Waals surface area contributed by atoms with Crippen molar-refractivity contribution in [1.29, 1.82) is 0 Å². The predicted molar refractivity (Wildman–Crippen MR) is 64.4 cm³/mol. The van der Waals surface area contributed by atoms with Gasteiger partial charge in [-0.3, -0.25) is 4.31 Å². The van der Waals surface area contributed by atoms with Gasteiger partial charge in [0.1, 0.15) is 0 Å². The van der Waals surface area contributed by atoms with Gasteiger partial charge in [0.05, 0.1) is 22.0 Å². The van der Waals surface area contributed by atoms with Crippen LogP contribution in [0, 0.1) is 6.92 Å². The Hall–Kier alpha value is -0.450. The number of hydrogen-bond acceptors (Lipinski definition) is 2. The topological polar surface area (TPSA) is 37.4 Å². The third-order valence-corrected chi connectivity index (χ3v) is 4.03. The summed E-state index contributed by atoms with van der Waals surface area (Å²) in [6.07, 6.45) is 1.10. The van der Waals surface area contributed by atoms with Gasteiger partial charge in [-0.15, -0.1) is 0 Å². The van der Waals surface area contributed by atoms with E-state index < -0.39 is 10.0 Å². The monoisotopic (exact) mass is 267 g/mol. The van der Waals surface area contributed by atoms with Crippen molar-refractivity contribution >= 4 is 38.9 Å². The number of sulfonamides is 1. The molecule has 15 heavy (non-hydrogen) atoms. The standard InChI is InChI=1S/C9H11Cl2NO2S/c1-6-4-5-7(10)9(8(6)11)12(2)15(3,13)14/h4-5H,1-3H3. The first-order valence-corrected chi connectivity index (χ1v) is 6.74. The molecule has 0 spiro atoms. The van der Waals surface area contributed by atoms with E-state index in [-0.39, 0.29) is 0 Å². The lowest BCUT2D eigenvalue weighted by Crippen LogP contribution is -2.25. The molecular formula is C9H11Cl2NO2S. The molecule has 0 unspecified atom stereocenters. The summed E-state index contributed by atoms with van der Waals surface area (Å²) in [5.41, 5.74) is 1.10. The lowest BCUT2D eigenvalue weighted by atomic mass is 10.2. The fourth-order valence-corrected chi connectivity index (χ4v) is 2.34. The maximum atomic E-state index is 11.4. The van der Waals surface area contributed by atoms with E-state index in [2.05, 4.69) is 0 Å². The van der Waals surface area contributed by atoms with E-state index in [0.29, 0.717) is 15.7 Å². The van der Waals surface area contributed by atoms with Gasteiger partial charge in [0.25, 0.3) is 0 Å². The van der Waals surface area contributed by atoms with Crippen LogP contribution in [0.2, 0.25) is 10.0 Å². The van der Waals surface area contributed by atoms with Gasteiger partial charge < -0.3 is 0 Å². The van der Waals surface area contributed by atoms with Crippen molar-refractivity contribution < 1.29 is 8.42 Å². The van der Waals surface area contributed by atoms with Crippen LogP contribution in [0.4, 0.5) is 5.69 Å². The number of anilines is 1. The molecule has 84 valence electrons. The normalized spacial score (nSPS) is 11.5. The van der Waals surface area contributed by atoms with Crippen molar-refractivity contribution in [3.63, 3.8) is 0 Å². The van der Waals surface area contributed by atoms with Crippen LogP contribution in [0.3, 0.4) is 0 Å². The zero-order valence-electron chi connectivity index (χ0n) is 8.58. The van der Waals surface area contributed by atoms with Gasteiger partial charge in [0.2, 0.25) is 10.0 Å². The number of rotatable bonds is 2. The highest BCUT2D eigenvalue weighted by Crippen LogP contribution is 2.36. The first-order chi connectivity index (χ1) is 6.75. The molecular weight excluding hydrogens is 257 g/mol. The Balaban J connectivity index is 3.44. The molecule has 0 saturated heterocycles. The van der Waals surface area contributed by atoms with Crippen LogP contribution in [0.15, 0.2) is 12.1 Å². The van der Waals surface area contributed by atoms with Gasteiger partial charge in [-0.05, 0) is 18.6 Å². The summed E-state index contributed by atoms with van der Waals surface area (Å²) in [6, 6.07) is 3.37. The zero-order chi connectivity index (χ0) is 11.8. The molecule has 0 saturated carbocycles. The third kappa shape index (κ3) is 2.56. The van der Waals surface area contributed by atoms with E-state index in [1.54, 1.807) is 19.1 Å². The Morgan fingerprint density at radius 3 is 2.27 bits per heavy atom. The Bertz CT molecular complexity index is 485. The molecule has 1 aromatic rings. The van der Waals surface area contributed by atoms with E-state index in [9.17, 15) is 8.42 Å². The second kappa shape index (κ2) is 4.20. The van der Waals surface area contributed by atoms with Crippen molar-refractivity contribution in [3.05, 3.63) is 27.7 Å². The molecule has 0 aliphatic carbocycles. The molecule has 0 radical (unpaired) electrons. The van der Waals surface area contributed by atoms with E-state index in [4.69, 9.17) is 23.2 Å². The van der Waals surface area contributed by atoms with Crippen LogP contribution >= 0.6 is 23.2 Å². The van der Waals surface area contributed by atoms with Gasteiger partial charge in [0.15, 0.2) is 0 Å². The lowest BCUT2D eigenvalue weighted by molar-refractivity contribution is 0.600. The minimum absolute atomic E-state index is 0.318. The summed E-state index contributed by atoms with van der Waals surface area (Å²) in [5, 5.41) is 0.675. The summed E-state index contributed by atoms with van der Waals surface area (Å²) < 4.78 is 23.8. The molecule has 0 fully saturated rings. The van der Waals surface area contributed by atoms with Crippen LogP contribution in [0.25, 0.3) is 0 Å². The fraction of sp³-hybridized carbons (Fsp3) is 0.333. The van der Waals surface area contributed by atoms with Gasteiger partial charge in [-0.25, -0.2) is 8.42 Å². The quantitative estimate of drug-likeness (QED) is 0.827. The average molecular weight is 268 g/mol. The summed E-state index contributed by atoms with van der Waals surface area (Å²) in [5.74, 6) is 0. The Labute approximate surface area is 99.7 Å². The number of aryl methyl sites for hydroxylation is 1. The Morgan fingerprint density at radius 2 is 1.80 bits per heavy atom. The van der Waals surface area contributed by atoms with Crippen molar-refractivity contribution in [2.24, 2.45) is 0 Å². The molecule has 0 amide bonds. The van der Waals surface area contributed by atoms with Crippen LogP contribution in [-0.4, -0.2) is 21.7 Å². The molecule has 0 atom stereocenters. The largest absolute Gasteiger partial charge is 0.270 e. The Kier molecular flexibility index (Phi) is 3.53. The predicted octanol–water partition coefficient (Wildman–Crippen LogP) is 2.70. The maximum Gasteiger partial charge on any atom is 0.232 e. The van der Waals surface area contributed by atoms with Crippen molar-refractivity contribution in [2.45, 2.75) is 6.92 Å². The van der Waals surface area contributed by atoms with Crippen molar-refractivity contribution in [3.8, 4) is 0 Å². The highest BCUT2D eigenvalue weighted by molar-refractivity contribution is 7.92. The molecule has 0 N–H and O–H groups in total. The molecule has 0 aliphatic heterocycles. The SMILES string of the molecule is Cc1ccc(Cl)c(N(C)S(C)(=O)=O)c1Cl. The van der Waals surface area contributed by atoms with Crippen molar-refractivity contribution in [1.82, 2.24) is 0 Å². The highest BCUT2D eigenvalue weighted by atomic mass is 35.5. The second-order valence-corrected chi connectivity index (χ2v) is 6.06. The lowest BCUT2D eigenvalue weighted by Gasteiger charge is -2.20. The van der Waals surface area contributed by atoms with Crippen molar-refractivity contribution in [2.75, 3.05) is 17.6 Å². The van der Waals surface area contributed by atoms with Gasteiger partial charge in [-0.2, -0.15) is 0 Å². The van der Waals surface area contributed by atoms with Gasteiger partial charge in [-0.1, -0.05) is 29.3 Å². The van der Waals surface area contributed by atoms with E-state index in [1.165, 1.54) is 7.05 Å². The molecule has 0 heterocycles. The second-order valence-electron chi connectivity index (χ2n) is 3.26. The van der Waals surface area contributed by atoms with Crippen LogP contribution in [0.5, 0.6) is 0 Å². The summed E-state index contributed by atoms with van der Waals surface area (Å²) in [4.78, 5) is 0. The number of hydrogen-bond donors (Lipinski definition) is 0. The molecule has 0 aliphatic rings. The minimum atomic E-state index is -3.35. The van der Waals surface area contributed by atoms with Crippen LogP contribution < -0.4 is 4.31 Å². The van der Waals surface area contributed by atoms with E-state index in [0.717, 1.165) is 16.1 Å².